The highest BCUT2D eigenvalue weighted by Gasteiger charge is 2.43. The maximum Gasteiger partial charge on any atom is 0.425 e. The topological polar surface area (TPSA) is 68.7 Å². The molecular formula is C27H25ClF6N2O4S. The average Bonchev–Trinajstić information content (AvgIpc) is 2.85. The molecule has 0 N–H and O–H groups in total. The van der Waals surface area contributed by atoms with Crippen LogP contribution in [0.2, 0.25) is 5.02 Å². The Morgan fingerprint density at radius 1 is 1.05 bits per heavy atom. The van der Waals surface area contributed by atoms with Gasteiger partial charge in [-0.05, 0) is 30.7 Å². The van der Waals surface area contributed by atoms with E-state index in [9.17, 15) is 34.8 Å². The van der Waals surface area contributed by atoms with E-state index < -0.39 is 45.8 Å². The molecule has 1 aliphatic heterocycles. The summed E-state index contributed by atoms with van der Waals surface area (Å²) in [6.07, 6.45) is -9.92. The molecule has 0 radical (unpaired) electrons. The van der Waals surface area contributed by atoms with Crippen molar-refractivity contribution in [3.8, 4) is 11.5 Å². The van der Waals surface area contributed by atoms with Gasteiger partial charge in [0, 0.05) is 31.5 Å². The molecule has 0 bridgehead atoms. The normalized spacial score (nSPS) is 16.6. The van der Waals surface area contributed by atoms with Crippen molar-refractivity contribution in [2.45, 2.75) is 42.2 Å². The summed E-state index contributed by atoms with van der Waals surface area (Å²) in [5.74, 6) is -0.817. The minimum Gasteiger partial charge on any atom is -0.495 e. The van der Waals surface area contributed by atoms with Crippen molar-refractivity contribution in [2.75, 3.05) is 26.5 Å². The van der Waals surface area contributed by atoms with Crippen molar-refractivity contribution in [3.05, 3.63) is 82.1 Å². The molecule has 3 aromatic rings. The van der Waals surface area contributed by atoms with Gasteiger partial charge < -0.3 is 9.47 Å². The predicted octanol–water partition coefficient (Wildman–Crippen LogP) is 6.68. The summed E-state index contributed by atoms with van der Waals surface area (Å²) in [6.45, 7) is 1.21. The molecule has 2 unspecified atom stereocenters. The fraction of sp³-hybridized carbons (Fsp3) is 0.370. The van der Waals surface area contributed by atoms with E-state index in [-0.39, 0.29) is 45.8 Å². The van der Waals surface area contributed by atoms with Crippen LogP contribution in [0.5, 0.6) is 11.5 Å². The molecule has 2 atom stereocenters. The molecule has 1 aromatic heterocycles. The van der Waals surface area contributed by atoms with E-state index in [0.29, 0.717) is 11.8 Å². The van der Waals surface area contributed by atoms with Crippen LogP contribution in [0.25, 0.3) is 0 Å². The number of sulfone groups is 1. The molecule has 1 aliphatic rings. The minimum absolute atomic E-state index is 0.0580. The smallest absolute Gasteiger partial charge is 0.425 e. The van der Waals surface area contributed by atoms with E-state index in [0.717, 1.165) is 31.4 Å². The monoisotopic (exact) mass is 622 g/mol. The standard InChI is InChI=1S/C27H25ClF6N2O4S/c1-15(26(29,30)31)40-20-9-10-21(41(3,37)38)25(39-2)22(20)24(16-7-5-4-6-8-16)36-13-17(14-36)23-19(28)11-18(12-35-23)27(32,33)34/h4-12,15,17,24H,13-14H2,1-3H3. The molecule has 14 heteroatoms. The number of hydrogen-bond donors (Lipinski definition) is 0. The molecule has 0 aliphatic carbocycles. The SMILES string of the molecule is COc1c(S(C)(=O)=O)ccc(OC(C)C(F)(F)F)c1C(c1ccccc1)N1CC(c2ncc(C(F)(F)F)cc2Cl)C1. The van der Waals surface area contributed by atoms with E-state index in [1.807, 2.05) is 4.90 Å². The van der Waals surface area contributed by atoms with Gasteiger partial charge in [0.05, 0.1) is 35.0 Å². The highest BCUT2D eigenvalue weighted by molar-refractivity contribution is 7.90. The van der Waals surface area contributed by atoms with Crippen LogP contribution in [0.4, 0.5) is 26.3 Å². The highest BCUT2D eigenvalue weighted by atomic mass is 35.5. The van der Waals surface area contributed by atoms with Crippen molar-refractivity contribution in [3.63, 3.8) is 0 Å². The number of likely N-dealkylation sites (tertiary alicyclic amines) is 1. The molecule has 1 fully saturated rings. The Hall–Kier alpha value is -3.03. The summed E-state index contributed by atoms with van der Waals surface area (Å²) in [6, 6.07) is 10.8. The van der Waals surface area contributed by atoms with Gasteiger partial charge in [0.25, 0.3) is 0 Å². The third kappa shape index (κ3) is 6.57. The molecule has 1 saturated heterocycles. The van der Waals surface area contributed by atoms with Crippen molar-refractivity contribution in [1.82, 2.24) is 9.88 Å². The number of alkyl halides is 6. The number of hydrogen-bond acceptors (Lipinski definition) is 6. The molecule has 2 heterocycles. The summed E-state index contributed by atoms with van der Waals surface area (Å²) in [5.41, 5.74) is -0.109. The van der Waals surface area contributed by atoms with Crippen LogP contribution in [0.15, 0.2) is 59.6 Å². The Morgan fingerprint density at radius 2 is 1.68 bits per heavy atom. The first-order valence-electron chi connectivity index (χ1n) is 12.2. The Kier molecular flexibility index (Phi) is 8.55. The lowest BCUT2D eigenvalue weighted by atomic mass is 9.87. The van der Waals surface area contributed by atoms with E-state index in [1.165, 1.54) is 7.11 Å². The second-order valence-corrected chi connectivity index (χ2v) is 12.0. The Bertz CT molecular complexity index is 1510. The molecule has 4 rings (SSSR count). The van der Waals surface area contributed by atoms with Crippen LogP contribution in [-0.2, 0) is 16.0 Å². The van der Waals surface area contributed by atoms with Crippen molar-refractivity contribution < 1.29 is 44.2 Å². The molecule has 2 aromatic carbocycles. The van der Waals surface area contributed by atoms with E-state index >= 15 is 0 Å². The number of benzene rings is 2. The van der Waals surface area contributed by atoms with Gasteiger partial charge in [-0.15, -0.1) is 0 Å². The maximum atomic E-state index is 13.5. The number of aromatic nitrogens is 1. The average molecular weight is 623 g/mol. The summed E-state index contributed by atoms with van der Waals surface area (Å²) in [4.78, 5) is 5.50. The Labute approximate surface area is 237 Å². The van der Waals surface area contributed by atoms with Crippen LogP contribution < -0.4 is 9.47 Å². The molecular weight excluding hydrogens is 598 g/mol. The fourth-order valence-electron chi connectivity index (χ4n) is 4.68. The first-order valence-corrected chi connectivity index (χ1v) is 14.4. The number of ether oxygens (including phenoxy) is 2. The zero-order chi connectivity index (χ0) is 30.3. The highest BCUT2D eigenvalue weighted by Crippen LogP contribution is 2.48. The molecule has 0 spiro atoms. The molecule has 6 nitrogen and oxygen atoms in total. The van der Waals surface area contributed by atoms with Crippen LogP contribution in [0, 0.1) is 0 Å². The van der Waals surface area contributed by atoms with Gasteiger partial charge in [-0.25, -0.2) is 8.42 Å². The van der Waals surface area contributed by atoms with Crippen LogP contribution in [0.3, 0.4) is 0 Å². The molecule has 222 valence electrons. The molecule has 0 saturated carbocycles. The second kappa shape index (κ2) is 11.3. The fourth-order valence-corrected chi connectivity index (χ4v) is 5.84. The van der Waals surface area contributed by atoms with Crippen molar-refractivity contribution in [2.24, 2.45) is 0 Å². The van der Waals surface area contributed by atoms with Gasteiger partial charge in [0.1, 0.15) is 16.4 Å². The predicted molar refractivity (Wildman–Crippen MR) is 139 cm³/mol. The van der Waals surface area contributed by atoms with Gasteiger partial charge in [0.2, 0.25) is 0 Å². The van der Waals surface area contributed by atoms with Crippen molar-refractivity contribution >= 4 is 21.4 Å². The summed E-state index contributed by atoms with van der Waals surface area (Å²) in [7, 11) is -2.68. The Morgan fingerprint density at radius 3 is 2.20 bits per heavy atom. The van der Waals surface area contributed by atoms with Gasteiger partial charge in [0.15, 0.2) is 15.9 Å². The Balaban J connectivity index is 1.82. The first kappa shape index (κ1) is 30.9. The third-order valence-corrected chi connectivity index (χ3v) is 8.16. The molecule has 41 heavy (non-hydrogen) atoms. The lowest BCUT2D eigenvalue weighted by molar-refractivity contribution is -0.189. The quantitative estimate of drug-likeness (QED) is 0.261. The van der Waals surface area contributed by atoms with Gasteiger partial charge >= 0.3 is 12.4 Å². The number of pyridine rings is 1. The van der Waals surface area contributed by atoms with Crippen LogP contribution in [-0.4, -0.2) is 57.0 Å². The van der Waals surface area contributed by atoms with Gasteiger partial charge in [-0.3, -0.25) is 9.88 Å². The zero-order valence-electron chi connectivity index (χ0n) is 21.9. The maximum absolute atomic E-state index is 13.5. The number of nitrogens with zero attached hydrogens (tertiary/aromatic N) is 2. The molecule has 0 amide bonds. The first-order chi connectivity index (χ1) is 19.0. The number of rotatable bonds is 8. The summed E-state index contributed by atoms with van der Waals surface area (Å²) < 4.78 is 116. The zero-order valence-corrected chi connectivity index (χ0v) is 23.5. The van der Waals surface area contributed by atoms with E-state index in [2.05, 4.69) is 4.98 Å². The summed E-state index contributed by atoms with van der Waals surface area (Å²) >= 11 is 6.15. The largest absolute Gasteiger partial charge is 0.495 e. The lowest BCUT2D eigenvalue weighted by Crippen LogP contribution is -2.48. The minimum atomic E-state index is -4.71. The van der Waals surface area contributed by atoms with Crippen molar-refractivity contribution in [1.29, 1.82) is 0 Å². The number of methoxy groups -OCH3 is 1. The van der Waals surface area contributed by atoms with Gasteiger partial charge in [-0.2, -0.15) is 26.3 Å². The number of halogens is 7. The van der Waals surface area contributed by atoms with E-state index in [4.69, 9.17) is 21.1 Å². The van der Waals surface area contributed by atoms with E-state index in [1.54, 1.807) is 30.3 Å². The lowest BCUT2D eigenvalue weighted by Gasteiger charge is -2.45. The summed E-state index contributed by atoms with van der Waals surface area (Å²) in [5, 5.41) is -0.166. The van der Waals surface area contributed by atoms with Gasteiger partial charge in [-0.1, -0.05) is 41.9 Å². The third-order valence-electron chi connectivity index (χ3n) is 6.74. The van der Waals surface area contributed by atoms with Crippen LogP contribution >= 0.6 is 11.6 Å². The van der Waals surface area contributed by atoms with Crippen LogP contribution in [0.1, 0.15) is 41.3 Å². The second-order valence-electron chi connectivity index (χ2n) is 9.64.